The van der Waals surface area contributed by atoms with Crippen molar-refractivity contribution in [3.63, 3.8) is 0 Å². The number of carbonyl (C=O) groups is 2. The van der Waals surface area contributed by atoms with Gasteiger partial charge in [-0.15, -0.1) is 0 Å². The van der Waals surface area contributed by atoms with Gasteiger partial charge in [-0.3, -0.25) is 0 Å². The number of aliphatic carboxylic acids is 2. The number of fused-ring (bicyclic) bond motifs is 12. The average Bonchev–Trinajstić information content (AvgIpc) is 3.51. The lowest BCUT2D eigenvalue weighted by atomic mass is 9.49. The van der Waals surface area contributed by atoms with E-state index >= 15 is 0 Å². The van der Waals surface area contributed by atoms with Crippen molar-refractivity contribution in [2.75, 3.05) is 13.2 Å². The molecule has 0 heterocycles. The third-order valence-corrected chi connectivity index (χ3v) is 9.40. The van der Waals surface area contributed by atoms with Gasteiger partial charge in [0.15, 0.2) is 0 Å². The van der Waals surface area contributed by atoms with Crippen molar-refractivity contribution in [2.45, 2.75) is 58.8 Å². The summed E-state index contributed by atoms with van der Waals surface area (Å²) >= 11 is 0. The second-order valence-electron chi connectivity index (χ2n) is 10.5. The lowest BCUT2D eigenvalue weighted by Gasteiger charge is -2.56. The molecule has 174 valence electrons. The maximum Gasteiger partial charge on any atom is 0.330 e. The molecule has 0 radical (unpaired) electrons. The Kier molecular flexibility index (Phi) is 6.73. The van der Waals surface area contributed by atoms with Crippen LogP contribution < -0.4 is 0 Å². The zero-order valence-corrected chi connectivity index (χ0v) is 18.8. The Bertz CT molecular complexity index is 711. The van der Waals surface area contributed by atoms with Crippen LogP contribution in [0.3, 0.4) is 0 Å². The van der Waals surface area contributed by atoms with Crippen molar-refractivity contribution >= 4 is 11.9 Å². The Morgan fingerprint density at radius 1 is 0.903 bits per heavy atom. The number of hydrogen-bond acceptors (Lipinski definition) is 4. The molecule has 0 aromatic rings. The molecule has 4 bridgehead atoms. The van der Waals surface area contributed by atoms with Crippen LogP contribution in [0.15, 0.2) is 24.3 Å². The molecular formula is C25H38O6. The number of aliphatic hydroxyl groups is 2. The van der Waals surface area contributed by atoms with Crippen LogP contribution in [0.1, 0.15) is 58.8 Å². The van der Waals surface area contributed by atoms with Gasteiger partial charge in [-0.05, 0) is 87.9 Å². The van der Waals surface area contributed by atoms with E-state index in [1.807, 2.05) is 0 Å². The summed E-state index contributed by atoms with van der Waals surface area (Å²) in [5.74, 6) is 3.00. The van der Waals surface area contributed by atoms with E-state index in [0.717, 1.165) is 35.5 Å². The Hall–Kier alpha value is -1.66. The SMILES string of the molecule is C=C(C)C(=O)O.C=C(C)C(=O)O.OCC12CC(C3CCCC31)C1C3CCC(C3)C12CO. The molecule has 5 aliphatic carbocycles. The molecule has 0 saturated heterocycles. The third-order valence-electron chi connectivity index (χ3n) is 9.40. The van der Waals surface area contributed by atoms with Crippen LogP contribution in [0.2, 0.25) is 0 Å². The van der Waals surface area contributed by atoms with Gasteiger partial charge < -0.3 is 20.4 Å². The maximum atomic E-state index is 10.4. The van der Waals surface area contributed by atoms with E-state index in [0.29, 0.717) is 13.2 Å². The molecule has 8 atom stereocenters. The molecule has 5 saturated carbocycles. The van der Waals surface area contributed by atoms with E-state index in [4.69, 9.17) is 10.2 Å². The molecule has 0 amide bonds. The molecule has 31 heavy (non-hydrogen) atoms. The number of carboxylic acid groups (broad SMARTS) is 2. The standard InChI is InChI=1S/C17H26O2.2C4H6O2/c18-8-16-7-13(12-2-1-3-14(12)16)15-10-4-5-11(6-10)17(15,16)9-19;2*1-3(2)4(5)6/h10-15,18-19H,1-9H2;2*1H2,2H3,(H,5,6). The lowest BCUT2D eigenvalue weighted by Crippen LogP contribution is -2.56. The summed E-state index contributed by atoms with van der Waals surface area (Å²) in [7, 11) is 0. The molecule has 6 nitrogen and oxygen atoms in total. The van der Waals surface area contributed by atoms with Crippen molar-refractivity contribution in [3.05, 3.63) is 24.3 Å². The molecule has 8 unspecified atom stereocenters. The Labute approximate surface area is 185 Å². The molecule has 4 N–H and O–H groups in total. The van der Waals surface area contributed by atoms with E-state index in [1.54, 1.807) is 0 Å². The van der Waals surface area contributed by atoms with Crippen LogP contribution in [0.5, 0.6) is 0 Å². The third kappa shape index (κ3) is 3.46. The molecule has 0 aliphatic heterocycles. The first-order chi connectivity index (χ1) is 14.6. The van der Waals surface area contributed by atoms with Crippen LogP contribution in [0.25, 0.3) is 0 Å². The van der Waals surface area contributed by atoms with E-state index in [1.165, 1.54) is 58.8 Å². The first-order valence-corrected chi connectivity index (χ1v) is 11.6. The van der Waals surface area contributed by atoms with Crippen molar-refractivity contribution in [1.82, 2.24) is 0 Å². The molecular weight excluding hydrogens is 396 g/mol. The van der Waals surface area contributed by atoms with E-state index in [9.17, 15) is 19.8 Å². The van der Waals surface area contributed by atoms with Crippen LogP contribution in [0.4, 0.5) is 0 Å². The Balaban J connectivity index is 0.000000191. The average molecular weight is 435 g/mol. The van der Waals surface area contributed by atoms with Gasteiger partial charge in [0.05, 0.1) is 0 Å². The largest absolute Gasteiger partial charge is 0.478 e. The number of carboxylic acids is 2. The molecule has 5 fully saturated rings. The van der Waals surface area contributed by atoms with Gasteiger partial charge in [0, 0.05) is 35.2 Å². The topological polar surface area (TPSA) is 115 Å². The van der Waals surface area contributed by atoms with E-state index < -0.39 is 11.9 Å². The predicted octanol–water partition coefficient (Wildman–Crippen LogP) is 3.73. The lowest BCUT2D eigenvalue weighted by molar-refractivity contribution is -0.144. The fraction of sp³-hybridized carbons (Fsp3) is 0.760. The van der Waals surface area contributed by atoms with Crippen molar-refractivity contribution in [1.29, 1.82) is 0 Å². The van der Waals surface area contributed by atoms with E-state index in [2.05, 4.69) is 13.2 Å². The molecule has 0 aromatic carbocycles. The van der Waals surface area contributed by atoms with Crippen LogP contribution in [-0.4, -0.2) is 45.6 Å². The Morgan fingerprint density at radius 2 is 1.48 bits per heavy atom. The summed E-state index contributed by atoms with van der Waals surface area (Å²) in [6, 6.07) is 0. The van der Waals surface area contributed by atoms with Gasteiger partial charge in [-0.2, -0.15) is 0 Å². The smallest absolute Gasteiger partial charge is 0.330 e. The first kappa shape index (κ1) is 24.0. The maximum absolute atomic E-state index is 10.4. The van der Waals surface area contributed by atoms with Crippen LogP contribution in [0, 0.1) is 46.3 Å². The summed E-state index contributed by atoms with van der Waals surface area (Å²) in [6.07, 6.45) is 9.46. The minimum atomic E-state index is -0.935. The fourth-order valence-electron chi connectivity index (χ4n) is 8.53. The Morgan fingerprint density at radius 3 is 1.97 bits per heavy atom. The highest BCUT2D eigenvalue weighted by Crippen LogP contribution is 2.82. The van der Waals surface area contributed by atoms with E-state index in [-0.39, 0.29) is 22.0 Å². The van der Waals surface area contributed by atoms with Gasteiger partial charge in [-0.1, -0.05) is 19.6 Å². The van der Waals surface area contributed by atoms with Crippen LogP contribution >= 0.6 is 0 Å². The summed E-state index contributed by atoms with van der Waals surface area (Å²) in [5.41, 5.74) is 0.587. The first-order valence-electron chi connectivity index (χ1n) is 11.6. The van der Waals surface area contributed by atoms with Gasteiger partial charge in [0.1, 0.15) is 0 Å². The zero-order valence-electron chi connectivity index (χ0n) is 18.8. The monoisotopic (exact) mass is 434 g/mol. The quantitative estimate of drug-likeness (QED) is 0.396. The molecule has 0 spiro atoms. The molecule has 6 heteroatoms. The van der Waals surface area contributed by atoms with Gasteiger partial charge >= 0.3 is 11.9 Å². The minimum absolute atomic E-state index is 0.109. The highest BCUT2D eigenvalue weighted by atomic mass is 16.4. The molecule has 5 aliphatic rings. The summed E-state index contributed by atoms with van der Waals surface area (Å²) < 4.78 is 0. The highest BCUT2D eigenvalue weighted by molar-refractivity contribution is 5.85. The van der Waals surface area contributed by atoms with Crippen LogP contribution in [-0.2, 0) is 9.59 Å². The van der Waals surface area contributed by atoms with Gasteiger partial charge in [0.25, 0.3) is 0 Å². The second kappa shape index (κ2) is 8.70. The fourth-order valence-corrected chi connectivity index (χ4v) is 8.53. The zero-order chi connectivity index (χ0) is 23.1. The summed E-state index contributed by atoms with van der Waals surface area (Å²) in [4.78, 5) is 19.2. The van der Waals surface area contributed by atoms with Gasteiger partial charge in [0.2, 0.25) is 0 Å². The van der Waals surface area contributed by atoms with Gasteiger partial charge in [-0.25, -0.2) is 9.59 Å². The van der Waals surface area contributed by atoms with Crippen molar-refractivity contribution in [2.24, 2.45) is 46.3 Å². The highest BCUT2D eigenvalue weighted by Gasteiger charge is 2.79. The predicted molar refractivity (Wildman–Crippen MR) is 117 cm³/mol. The normalized spacial score (nSPS) is 42.6. The molecule has 0 aromatic heterocycles. The van der Waals surface area contributed by atoms with Crippen molar-refractivity contribution in [3.8, 4) is 0 Å². The summed E-state index contributed by atoms with van der Waals surface area (Å²) in [6.45, 7) is 9.92. The van der Waals surface area contributed by atoms with Crippen molar-refractivity contribution < 1.29 is 30.0 Å². The minimum Gasteiger partial charge on any atom is -0.478 e. The summed E-state index contributed by atoms with van der Waals surface area (Å²) in [5, 5.41) is 36.5. The number of rotatable bonds is 4. The second-order valence-corrected chi connectivity index (χ2v) is 10.5. The number of aliphatic hydroxyl groups excluding tert-OH is 2. The number of hydrogen-bond donors (Lipinski definition) is 4. The molecule has 5 rings (SSSR count).